The van der Waals surface area contributed by atoms with Crippen LogP contribution in [0.2, 0.25) is 0 Å². The predicted molar refractivity (Wildman–Crippen MR) is 71.9 cm³/mol. The smallest absolute Gasteiger partial charge is 0.132 e. The van der Waals surface area contributed by atoms with Crippen molar-refractivity contribution >= 4 is 10.9 Å². The molecule has 0 radical (unpaired) electrons. The van der Waals surface area contributed by atoms with Crippen molar-refractivity contribution in [3.05, 3.63) is 66.0 Å². The largest absolute Gasteiger partial charge is 0.248 e. The van der Waals surface area contributed by atoms with Gasteiger partial charge in [-0.25, -0.2) is 9.37 Å². The van der Waals surface area contributed by atoms with Gasteiger partial charge >= 0.3 is 0 Å². The van der Waals surface area contributed by atoms with Crippen molar-refractivity contribution in [2.75, 3.05) is 0 Å². The molecule has 0 aliphatic carbocycles. The Bertz CT molecular complexity index is 719. The molecular weight excluding hydrogens is 225 g/mol. The first-order valence-electron chi connectivity index (χ1n) is 5.86. The molecule has 0 aliphatic heterocycles. The number of nitrogens with zero attached hydrogens (tertiary/aromatic N) is 1. The average Bonchev–Trinajstić information content (AvgIpc) is 2.39. The van der Waals surface area contributed by atoms with Gasteiger partial charge in [-0.1, -0.05) is 29.8 Å². The number of aromatic nitrogens is 1. The molecule has 0 bridgehead atoms. The van der Waals surface area contributed by atoms with E-state index in [9.17, 15) is 4.39 Å². The highest BCUT2D eigenvalue weighted by Gasteiger charge is 2.06. The SMILES string of the molecule is Cc1ccc2nc(-c3ccccc3F)ccc2c1. The highest BCUT2D eigenvalue weighted by atomic mass is 19.1. The molecule has 2 aromatic carbocycles. The molecule has 0 aliphatic rings. The van der Waals surface area contributed by atoms with E-state index in [2.05, 4.69) is 11.1 Å². The Morgan fingerprint density at radius 2 is 1.78 bits per heavy atom. The minimum absolute atomic E-state index is 0.239. The number of rotatable bonds is 1. The summed E-state index contributed by atoms with van der Waals surface area (Å²) in [5.74, 6) is -0.239. The first-order valence-corrected chi connectivity index (χ1v) is 5.86. The van der Waals surface area contributed by atoms with Gasteiger partial charge < -0.3 is 0 Å². The molecule has 3 rings (SSSR count). The Morgan fingerprint density at radius 1 is 0.944 bits per heavy atom. The molecule has 3 aromatic rings. The van der Waals surface area contributed by atoms with Gasteiger partial charge in [-0.3, -0.25) is 0 Å². The van der Waals surface area contributed by atoms with Crippen LogP contribution in [0.15, 0.2) is 54.6 Å². The van der Waals surface area contributed by atoms with Crippen LogP contribution in [0.4, 0.5) is 4.39 Å². The molecule has 0 N–H and O–H groups in total. The molecule has 1 nitrogen and oxygen atoms in total. The number of benzene rings is 2. The van der Waals surface area contributed by atoms with Crippen LogP contribution in [-0.4, -0.2) is 4.98 Å². The number of halogens is 1. The Kier molecular flexibility index (Phi) is 2.56. The molecule has 2 heteroatoms. The van der Waals surface area contributed by atoms with Gasteiger partial charge in [-0.15, -0.1) is 0 Å². The molecule has 0 spiro atoms. The average molecular weight is 237 g/mol. The predicted octanol–water partition coefficient (Wildman–Crippen LogP) is 4.35. The quantitative estimate of drug-likeness (QED) is 0.613. The summed E-state index contributed by atoms with van der Waals surface area (Å²) in [6.07, 6.45) is 0. The maximum absolute atomic E-state index is 13.7. The minimum Gasteiger partial charge on any atom is -0.248 e. The molecular formula is C16H12FN. The maximum atomic E-state index is 13.7. The molecule has 0 fully saturated rings. The van der Waals surface area contributed by atoms with E-state index < -0.39 is 0 Å². The summed E-state index contributed by atoms with van der Waals surface area (Å²) in [6.45, 7) is 2.05. The number of pyridine rings is 1. The number of hydrogen-bond acceptors (Lipinski definition) is 1. The van der Waals surface area contributed by atoms with E-state index in [1.807, 2.05) is 37.3 Å². The van der Waals surface area contributed by atoms with Gasteiger partial charge in [0.25, 0.3) is 0 Å². The lowest BCUT2D eigenvalue weighted by Gasteiger charge is -2.05. The van der Waals surface area contributed by atoms with Crippen LogP contribution < -0.4 is 0 Å². The normalized spacial score (nSPS) is 10.8. The van der Waals surface area contributed by atoms with E-state index in [-0.39, 0.29) is 5.82 Å². The highest BCUT2D eigenvalue weighted by molar-refractivity contribution is 5.82. The summed E-state index contributed by atoms with van der Waals surface area (Å²) in [6, 6.07) is 16.6. The van der Waals surface area contributed by atoms with E-state index in [1.165, 1.54) is 11.6 Å². The van der Waals surface area contributed by atoms with Gasteiger partial charge in [0, 0.05) is 10.9 Å². The van der Waals surface area contributed by atoms with Crippen molar-refractivity contribution in [1.29, 1.82) is 0 Å². The molecule has 0 saturated heterocycles. The van der Waals surface area contributed by atoms with Gasteiger partial charge in [0.15, 0.2) is 0 Å². The fourth-order valence-electron chi connectivity index (χ4n) is 2.06. The highest BCUT2D eigenvalue weighted by Crippen LogP contribution is 2.23. The lowest BCUT2D eigenvalue weighted by Crippen LogP contribution is -1.88. The Morgan fingerprint density at radius 3 is 2.61 bits per heavy atom. The third kappa shape index (κ3) is 1.86. The fourth-order valence-corrected chi connectivity index (χ4v) is 2.06. The topological polar surface area (TPSA) is 12.9 Å². The van der Waals surface area contributed by atoms with Crippen LogP contribution in [0.1, 0.15) is 5.56 Å². The third-order valence-electron chi connectivity index (χ3n) is 2.99. The standard InChI is InChI=1S/C16H12FN/c1-11-6-8-15-12(10-11)7-9-16(18-15)13-4-2-3-5-14(13)17/h2-10H,1H3. The Hall–Kier alpha value is -2.22. The summed E-state index contributed by atoms with van der Waals surface area (Å²) in [5.41, 5.74) is 3.30. The van der Waals surface area contributed by atoms with Crippen molar-refractivity contribution in [3.63, 3.8) is 0 Å². The zero-order chi connectivity index (χ0) is 12.5. The van der Waals surface area contributed by atoms with Gasteiger partial charge in [0.1, 0.15) is 5.82 Å². The lowest BCUT2D eigenvalue weighted by atomic mass is 10.1. The van der Waals surface area contributed by atoms with Crippen molar-refractivity contribution in [1.82, 2.24) is 4.98 Å². The first-order chi connectivity index (χ1) is 8.74. The number of aryl methyl sites for hydroxylation is 1. The van der Waals surface area contributed by atoms with Crippen LogP contribution >= 0.6 is 0 Å². The second-order valence-electron chi connectivity index (χ2n) is 4.37. The van der Waals surface area contributed by atoms with Crippen LogP contribution in [0.3, 0.4) is 0 Å². The van der Waals surface area contributed by atoms with Gasteiger partial charge in [0.05, 0.1) is 11.2 Å². The van der Waals surface area contributed by atoms with E-state index in [4.69, 9.17) is 0 Å². The van der Waals surface area contributed by atoms with E-state index in [1.54, 1.807) is 12.1 Å². The van der Waals surface area contributed by atoms with Crippen LogP contribution in [-0.2, 0) is 0 Å². The number of hydrogen-bond donors (Lipinski definition) is 0. The molecule has 1 heterocycles. The fraction of sp³-hybridized carbons (Fsp3) is 0.0625. The van der Waals surface area contributed by atoms with E-state index in [0.717, 1.165) is 10.9 Å². The second-order valence-corrected chi connectivity index (χ2v) is 4.37. The minimum atomic E-state index is -0.239. The molecule has 88 valence electrons. The zero-order valence-corrected chi connectivity index (χ0v) is 10.0. The zero-order valence-electron chi connectivity index (χ0n) is 10.0. The molecule has 18 heavy (non-hydrogen) atoms. The van der Waals surface area contributed by atoms with Crippen LogP contribution in [0.25, 0.3) is 22.2 Å². The van der Waals surface area contributed by atoms with Crippen molar-refractivity contribution in [2.24, 2.45) is 0 Å². The van der Waals surface area contributed by atoms with Crippen molar-refractivity contribution in [2.45, 2.75) is 6.92 Å². The van der Waals surface area contributed by atoms with Crippen LogP contribution in [0, 0.1) is 12.7 Å². The summed E-state index contributed by atoms with van der Waals surface area (Å²) in [4.78, 5) is 4.51. The van der Waals surface area contributed by atoms with Gasteiger partial charge in [-0.2, -0.15) is 0 Å². The summed E-state index contributed by atoms with van der Waals surface area (Å²) in [7, 11) is 0. The van der Waals surface area contributed by atoms with Crippen molar-refractivity contribution in [3.8, 4) is 11.3 Å². The summed E-state index contributed by atoms with van der Waals surface area (Å²) >= 11 is 0. The first kappa shape index (κ1) is 10.9. The third-order valence-corrected chi connectivity index (χ3v) is 2.99. The van der Waals surface area contributed by atoms with E-state index >= 15 is 0 Å². The molecule has 1 aromatic heterocycles. The maximum Gasteiger partial charge on any atom is 0.132 e. The Balaban J connectivity index is 2.20. The van der Waals surface area contributed by atoms with Gasteiger partial charge in [-0.05, 0) is 37.3 Å². The number of fused-ring (bicyclic) bond motifs is 1. The molecule has 0 unspecified atom stereocenters. The lowest BCUT2D eigenvalue weighted by molar-refractivity contribution is 0.631. The van der Waals surface area contributed by atoms with Crippen LogP contribution in [0.5, 0.6) is 0 Å². The summed E-state index contributed by atoms with van der Waals surface area (Å²) < 4.78 is 13.7. The van der Waals surface area contributed by atoms with Crippen molar-refractivity contribution < 1.29 is 4.39 Å². The van der Waals surface area contributed by atoms with E-state index in [0.29, 0.717) is 11.3 Å². The monoisotopic (exact) mass is 237 g/mol. The molecule has 0 atom stereocenters. The Labute approximate surface area is 105 Å². The molecule has 0 saturated carbocycles. The second kappa shape index (κ2) is 4.22. The molecule has 0 amide bonds. The van der Waals surface area contributed by atoms with Gasteiger partial charge in [0.2, 0.25) is 0 Å². The summed E-state index contributed by atoms with van der Waals surface area (Å²) in [5, 5.41) is 1.08.